The van der Waals surface area contributed by atoms with Crippen molar-refractivity contribution in [3.63, 3.8) is 0 Å². The molecule has 0 unspecified atom stereocenters. The maximum absolute atomic E-state index is 13.5. The molecule has 0 radical (unpaired) electrons. The number of nitrogens with one attached hydrogen (secondary N) is 2. The zero-order valence-corrected chi connectivity index (χ0v) is 14.9. The van der Waals surface area contributed by atoms with Crippen LogP contribution in [0.3, 0.4) is 0 Å². The van der Waals surface area contributed by atoms with Gasteiger partial charge in [0.1, 0.15) is 10.8 Å². The molecular formula is C17H15F4N3O2S. The van der Waals surface area contributed by atoms with Gasteiger partial charge in [-0.1, -0.05) is 6.07 Å². The predicted octanol–water partition coefficient (Wildman–Crippen LogP) is 3.30. The van der Waals surface area contributed by atoms with E-state index < -0.39 is 39.9 Å². The zero-order chi connectivity index (χ0) is 20.0. The first kappa shape index (κ1) is 20.7. The average Bonchev–Trinajstić information content (AvgIpc) is 2.59. The van der Waals surface area contributed by atoms with Crippen LogP contribution in [0, 0.1) is 12.7 Å². The molecule has 144 valence electrons. The lowest BCUT2D eigenvalue weighted by Gasteiger charge is -2.11. The lowest BCUT2D eigenvalue weighted by atomic mass is 10.1. The van der Waals surface area contributed by atoms with Gasteiger partial charge in [0.05, 0.1) is 5.56 Å². The van der Waals surface area contributed by atoms with E-state index >= 15 is 0 Å². The van der Waals surface area contributed by atoms with Crippen LogP contribution in [0.4, 0.5) is 17.6 Å². The van der Waals surface area contributed by atoms with Gasteiger partial charge in [-0.05, 0) is 36.8 Å². The third kappa shape index (κ3) is 6.24. The quantitative estimate of drug-likeness (QED) is 0.443. The van der Waals surface area contributed by atoms with Gasteiger partial charge in [-0.3, -0.25) is 9.59 Å². The molecule has 5 nitrogen and oxygen atoms in total. The van der Waals surface area contributed by atoms with Crippen LogP contribution >= 0.6 is 11.8 Å². The molecule has 2 N–H and O–H groups in total. The fourth-order valence-corrected chi connectivity index (χ4v) is 2.64. The molecule has 10 heteroatoms. The number of alkyl halides is 3. The minimum absolute atomic E-state index is 0.0160. The number of benzene rings is 1. The second-order valence-corrected chi connectivity index (χ2v) is 6.43. The van der Waals surface area contributed by atoms with Gasteiger partial charge >= 0.3 is 5.51 Å². The number of pyridine rings is 1. The van der Waals surface area contributed by atoms with Crippen LogP contribution in [0.2, 0.25) is 0 Å². The van der Waals surface area contributed by atoms with Crippen LogP contribution < -0.4 is 10.6 Å². The van der Waals surface area contributed by atoms with Crippen molar-refractivity contribution in [3.8, 4) is 0 Å². The first-order valence-electron chi connectivity index (χ1n) is 7.70. The average molecular weight is 401 g/mol. The van der Waals surface area contributed by atoms with Gasteiger partial charge in [0, 0.05) is 36.6 Å². The number of halogens is 4. The maximum atomic E-state index is 13.5. The summed E-state index contributed by atoms with van der Waals surface area (Å²) in [5.74, 6) is -1.79. The van der Waals surface area contributed by atoms with Gasteiger partial charge in [0.25, 0.3) is 11.8 Å². The number of rotatable bonds is 6. The van der Waals surface area contributed by atoms with E-state index in [9.17, 15) is 27.2 Å². The molecule has 0 bridgehead atoms. The van der Waals surface area contributed by atoms with Gasteiger partial charge in [-0.15, -0.1) is 0 Å². The van der Waals surface area contributed by atoms with Crippen molar-refractivity contribution in [3.05, 3.63) is 59.0 Å². The highest BCUT2D eigenvalue weighted by Gasteiger charge is 2.32. The van der Waals surface area contributed by atoms with E-state index in [1.54, 1.807) is 6.92 Å². The van der Waals surface area contributed by atoms with Crippen molar-refractivity contribution < 1.29 is 27.2 Å². The first-order valence-corrected chi connectivity index (χ1v) is 8.52. The van der Waals surface area contributed by atoms with Crippen molar-refractivity contribution in [1.29, 1.82) is 0 Å². The van der Waals surface area contributed by atoms with Gasteiger partial charge < -0.3 is 10.6 Å². The van der Waals surface area contributed by atoms with Crippen LogP contribution in [0.1, 0.15) is 26.3 Å². The summed E-state index contributed by atoms with van der Waals surface area (Å²) in [7, 11) is 0. The predicted molar refractivity (Wildman–Crippen MR) is 92.0 cm³/mol. The Bertz CT molecular complexity index is 843. The van der Waals surface area contributed by atoms with E-state index in [4.69, 9.17) is 0 Å². The number of nitrogens with zero attached hydrogens (tertiary/aromatic N) is 1. The number of carbonyl (C=O) groups excluding carboxylic acids is 2. The van der Waals surface area contributed by atoms with Crippen LogP contribution in [-0.2, 0) is 0 Å². The highest BCUT2D eigenvalue weighted by atomic mass is 32.2. The van der Waals surface area contributed by atoms with Crippen molar-refractivity contribution in [2.75, 3.05) is 13.1 Å². The molecule has 1 aromatic carbocycles. The molecule has 0 saturated heterocycles. The van der Waals surface area contributed by atoms with E-state index in [0.29, 0.717) is 5.56 Å². The SMILES string of the molecule is Cc1ccc(C(=O)NCCNC(=O)c2cccnc2SC(F)(F)F)cc1F. The number of amides is 2. The smallest absolute Gasteiger partial charge is 0.350 e. The van der Waals surface area contributed by atoms with Gasteiger partial charge in [-0.25, -0.2) is 9.37 Å². The number of thioether (sulfide) groups is 1. The van der Waals surface area contributed by atoms with Crippen molar-refractivity contribution in [1.82, 2.24) is 15.6 Å². The second-order valence-electron chi connectivity index (χ2n) is 5.38. The van der Waals surface area contributed by atoms with Crippen LogP contribution in [0.25, 0.3) is 0 Å². The van der Waals surface area contributed by atoms with Crippen LogP contribution in [0.5, 0.6) is 0 Å². The fourth-order valence-electron chi connectivity index (χ4n) is 2.04. The molecule has 0 aliphatic rings. The third-order valence-corrected chi connectivity index (χ3v) is 4.11. The Balaban J connectivity index is 1.88. The highest BCUT2D eigenvalue weighted by molar-refractivity contribution is 8.00. The molecule has 0 spiro atoms. The normalized spacial score (nSPS) is 11.1. The Morgan fingerprint density at radius 2 is 1.78 bits per heavy atom. The molecule has 0 atom stereocenters. The second kappa shape index (κ2) is 8.85. The lowest BCUT2D eigenvalue weighted by Crippen LogP contribution is -2.35. The molecule has 2 amide bonds. The summed E-state index contributed by atoms with van der Waals surface area (Å²) >= 11 is -0.478. The Morgan fingerprint density at radius 1 is 1.11 bits per heavy atom. The van der Waals surface area contributed by atoms with E-state index in [2.05, 4.69) is 15.6 Å². The highest BCUT2D eigenvalue weighted by Crippen LogP contribution is 2.37. The molecule has 2 rings (SSSR count). The van der Waals surface area contributed by atoms with Crippen LogP contribution in [-0.4, -0.2) is 35.4 Å². The Hall–Kier alpha value is -2.62. The Kier molecular flexibility index (Phi) is 6.78. The minimum atomic E-state index is -4.57. The summed E-state index contributed by atoms with van der Waals surface area (Å²) in [4.78, 5) is 27.5. The number of carbonyl (C=O) groups is 2. The maximum Gasteiger partial charge on any atom is 0.447 e. The zero-order valence-electron chi connectivity index (χ0n) is 14.1. The van der Waals surface area contributed by atoms with Gasteiger partial charge in [0.2, 0.25) is 0 Å². The Morgan fingerprint density at radius 3 is 2.41 bits per heavy atom. The van der Waals surface area contributed by atoms with Crippen molar-refractivity contribution >= 4 is 23.6 Å². The van der Waals surface area contributed by atoms with E-state index in [1.807, 2.05) is 0 Å². The number of aryl methyl sites for hydroxylation is 1. The minimum Gasteiger partial charge on any atom is -0.350 e. The molecule has 1 aromatic heterocycles. The fraction of sp³-hybridized carbons (Fsp3) is 0.235. The number of aromatic nitrogens is 1. The topological polar surface area (TPSA) is 71.1 Å². The first-order chi connectivity index (χ1) is 12.7. The lowest BCUT2D eigenvalue weighted by molar-refractivity contribution is -0.0329. The number of hydrogen-bond acceptors (Lipinski definition) is 4. The van der Waals surface area contributed by atoms with Crippen molar-refractivity contribution in [2.24, 2.45) is 0 Å². The molecule has 0 aliphatic heterocycles. The van der Waals surface area contributed by atoms with Gasteiger partial charge in [-0.2, -0.15) is 13.2 Å². The molecule has 0 fully saturated rings. The van der Waals surface area contributed by atoms with Crippen molar-refractivity contribution in [2.45, 2.75) is 17.5 Å². The Labute approximate surface area is 156 Å². The van der Waals surface area contributed by atoms with E-state index in [0.717, 1.165) is 12.3 Å². The molecular weight excluding hydrogens is 386 g/mol. The summed E-state index contributed by atoms with van der Waals surface area (Å²) in [5, 5.41) is 4.43. The summed E-state index contributed by atoms with van der Waals surface area (Å²) in [6, 6.07) is 6.60. The largest absolute Gasteiger partial charge is 0.447 e. The summed E-state index contributed by atoms with van der Waals surface area (Å²) in [6.45, 7) is 1.56. The summed E-state index contributed by atoms with van der Waals surface area (Å²) in [6.07, 6.45) is 1.16. The van der Waals surface area contributed by atoms with Crippen LogP contribution in [0.15, 0.2) is 41.6 Å². The number of hydrogen-bond donors (Lipinski definition) is 2. The summed E-state index contributed by atoms with van der Waals surface area (Å²) < 4.78 is 51.0. The molecule has 27 heavy (non-hydrogen) atoms. The van der Waals surface area contributed by atoms with E-state index in [1.165, 1.54) is 24.3 Å². The summed E-state index contributed by atoms with van der Waals surface area (Å²) in [5.41, 5.74) is -4.25. The standard InChI is InChI=1S/C17H15F4N3O2S/c1-10-4-5-11(9-13(10)18)14(25)22-7-8-23-15(26)12-3-2-6-24-16(12)27-17(19,20)21/h2-6,9H,7-8H2,1H3,(H,22,25)(H,23,26). The monoisotopic (exact) mass is 401 g/mol. The van der Waals surface area contributed by atoms with Gasteiger partial charge in [0.15, 0.2) is 0 Å². The third-order valence-electron chi connectivity index (χ3n) is 3.36. The van der Waals surface area contributed by atoms with E-state index in [-0.39, 0.29) is 24.2 Å². The molecule has 0 saturated carbocycles. The molecule has 1 heterocycles. The molecule has 0 aliphatic carbocycles. The molecule has 2 aromatic rings.